The number of carbonyl (C=O) groups excluding carboxylic acids is 2. The summed E-state index contributed by atoms with van der Waals surface area (Å²) in [6, 6.07) is 23.2. The second-order valence-electron chi connectivity index (χ2n) is 10.3. The molecule has 2 atom stereocenters. The van der Waals surface area contributed by atoms with Gasteiger partial charge in [-0.1, -0.05) is 54.6 Å². The van der Waals surface area contributed by atoms with Crippen molar-refractivity contribution < 1.29 is 14.3 Å². The van der Waals surface area contributed by atoms with Gasteiger partial charge in [0, 0.05) is 52.2 Å². The number of benzene rings is 3. The van der Waals surface area contributed by atoms with Gasteiger partial charge in [0.1, 0.15) is 17.8 Å². The number of nitrogens with one attached hydrogen (secondary N) is 2. The Morgan fingerprint density at radius 2 is 1.67 bits per heavy atom. The van der Waals surface area contributed by atoms with Crippen LogP contribution in [0.5, 0.6) is 5.75 Å². The van der Waals surface area contributed by atoms with Crippen molar-refractivity contribution in [3.63, 3.8) is 0 Å². The number of nitrogens with zero attached hydrogens (tertiary/aromatic N) is 2. The number of hydrogen-bond donors (Lipinski definition) is 2. The van der Waals surface area contributed by atoms with Crippen LogP contribution in [0.1, 0.15) is 35.3 Å². The van der Waals surface area contributed by atoms with Gasteiger partial charge in [0.2, 0.25) is 11.8 Å². The van der Waals surface area contributed by atoms with Crippen molar-refractivity contribution >= 4 is 33.6 Å². The van der Waals surface area contributed by atoms with Crippen LogP contribution in [-0.4, -0.2) is 57.3 Å². The largest absolute Gasteiger partial charge is 0.494 e. The SMILES string of the molecule is CCOc1ccccc1C1c2[nH]c3ccccc3c2C[C@H]2C(=O)N(CCc3c[nH]c4ccccc34)CC(=O)N12. The first-order valence-electron chi connectivity index (χ1n) is 13.6. The van der Waals surface area contributed by atoms with Crippen molar-refractivity contribution in [2.24, 2.45) is 0 Å². The molecule has 0 spiro atoms. The van der Waals surface area contributed by atoms with Gasteiger partial charge < -0.3 is 24.5 Å². The van der Waals surface area contributed by atoms with Gasteiger partial charge in [-0.05, 0) is 42.7 Å². The number of fused-ring (bicyclic) bond motifs is 5. The molecule has 5 aromatic rings. The Morgan fingerprint density at radius 1 is 0.923 bits per heavy atom. The molecule has 1 saturated heterocycles. The first-order valence-corrected chi connectivity index (χ1v) is 13.6. The van der Waals surface area contributed by atoms with Crippen LogP contribution in [0, 0.1) is 0 Å². The van der Waals surface area contributed by atoms with E-state index in [2.05, 4.69) is 28.2 Å². The van der Waals surface area contributed by atoms with Crippen molar-refractivity contribution in [1.29, 1.82) is 0 Å². The van der Waals surface area contributed by atoms with Gasteiger partial charge in [-0.2, -0.15) is 0 Å². The summed E-state index contributed by atoms with van der Waals surface area (Å²) in [4.78, 5) is 38.4. The maximum Gasteiger partial charge on any atom is 0.246 e. The van der Waals surface area contributed by atoms with Gasteiger partial charge in [-0.3, -0.25) is 9.59 Å². The van der Waals surface area contributed by atoms with E-state index in [1.807, 2.05) is 67.7 Å². The predicted molar refractivity (Wildman–Crippen MR) is 151 cm³/mol. The van der Waals surface area contributed by atoms with E-state index in [-0.39, 0.29) is 18.4 Å². The third-order valence-electron chi connectivity index (χ3n) is 8.18. The molecule has 0 saturated carbocycles. The normalized spacial score (nSPS) is 19.0. The summed E-state index contributed by atoms with van der Waals surface area (Å²) < 4.78 is 6.01. The number of amides is 2. The molecule has 2 amide bonds. The minimum atomic E-state index is -0.569. The highest BCUT2D eigenvalue weighted by Crippen LogP contribution is 2.44. The summed E-state index contributed by atoms with van der Waals surface area (Å²) in [5.74, 6) is 0.695. The van der Waals surface area contributed by atoms with Crippen LogP contribution in [0.25, 0.3) is 21.8 Å². The summed E-state index contributed by atoms with van der Waals surface area (Å²) in [6.07, 6.45) is 3.18. The number of H-pyrrole nitrogens is 2. The molecule has 2 aliphatic heterocycles. The van der Waals surface area contributed by atoms with Crippen molar-refractivity contribution in [1.82, 2.24) is 19.8 Å². The molecule has 0 radical (unpaired) electrons. The molecule has 39 heavy (non-hydrogen) atoms. The summed E-state index contributed by atoms with van der Waals surface area (Å²) in [5, 5.41) is 2.26. The second-order valence-corrected chi connectivity index (χ2v) is 10.3. The maximum absolute atomic E-state index is 14.1. The second kappa shape index (κ2) is 9.34. The zero-order chi connectivity index (χ0) is 26.5. The summed E-state index contributed by atoms with van der Waals surface area (Å²) in [7, 11) is 0. The number of rotatable bonds is 6. The molecule has 0 aliphatic carbocycles. The highest BCUT2D eigenvalue weighted by molar-refractivity contribution is 5.98. The molecule has 2 aromatic heterocycles. The number of aromatic amines is 2. The van der Waals surface area contributed by atoms with E-state index >= 15 is 0 Å². The third kappa shape index (κ3) is 3.80. The van der Waals surface area contributed by atoms with Gasteiger partial charge >= 0.3 is 0 Å². The molecule has 1 unspecified atom stereocenters. The smallest absolute Gasteiger partial charge is 0.246 e. The maximum atomic E-state index is 14.1. The molecular formula is C32H30N4O3. The fraction of sp³-hybridized carbons (Fsp3) is 0.250. The fourth-order valence-electron chi connectivity index (χ4n) is 6.42. The Kier molecular flexibility index (Phi) is 5.65. The Hall–Kier alpha value is -4.52. The van der Waals surface area contributed by atoms with E-state index < -0.39 is 12.1 Å². The number of para-hydroxylation sites is 3. The highest BCUT2D eigenvalue weighted by Gasteiger charge is 2.48. The summed E-state index contributed by atoms with van der Waals surface area (Å²) >= 11 is 0. The van der Waals surface area contributed by atoms with Gasteiger partial charge in [0.05, 0.1) is 13.2 Å². The summed E-state index contributed by atoms with van der Waals surface area (Å²) in [6.45, 7) is 3.04. The lowest BCUT2D eigenvalue weighted by molar-refractivity contribution is -0.158. The van der Waals surface area contributed by atoms with Crippen LogP contribution in [0.15, 0.2) is 79.0 Å². The molecule has 7 nitrogen and oxygen atoms in total. The number of carbonyl (C=O) groups is 2. The van der Waals surface area contributed by atoms with Crippen molar-refractivity contribution in [2.45, 2.75) is 31.8 Å². The van der Waals surface area contributed by atoms with Gasteiger partial charge in [0.15, 0.2) is 0 Å². The number of aromatic nitrogens is 2. The molecule has 1 fully saturated rings. The first kappa shape index (κ1) is 23.6. The van der Waals surface area contributed by atoms with Gasteiger partial charge in [0.25, 0.3) is 0 Å². The molecule has 0 bridgehead atoms. The average molecular weight is 519 g/mol. The van der Waals surface area contributed by atoms with Crippen molar-refractivity contribution in [3.8, 4) is 5.75 Å². The minimum absolute atomic E-state index is 0.00395. The standard InChI is InChI=1S/C32H30N4O3/c1-2-39-28-14-8-5-11-23(28)31-30-24(22-10-4-7-13-26(22)34-30)17-27-32(38)35(19-29(37)36(27)31)16-15-20-18-33-25-12-6-3-9-21(20)25/h3-14,18,27,31,33-34H,2,15-17,19H2,1H3/t27-,31?/m0/s1. The van der Waals surface area contributed by atoms with Crippen LogP contribution < -0.4 is 4.74 Å². The Labute approximate surface area is 226 Å². The van der Waals surface area contributed by atoms with Crippen LogP contribution in [0.3, 0.4) is 0 Å². The van der Waals surface area contributed by atoms with Gasteiger partial charge in [-0.15, -0.1) is 0 Å². The molecular weight excluding hydrogens is 488 g/mol. The van der Waals surface area contributed by atoms with Crippen LogP contribution >= 0.6 is 0 Å². The van der Waals surface area contributed by atoms with Crippen molar-refractivity contribution in [3.05, 3.63) is 101 Å². The minimum Gasteiger partial charge on any atom is -0.494 e. The van der Waals surface area contributed by atoms with E-state index in [4.69, 9.17) is 4.74 Å². The van der Waals surface area contributed by atoms with Crippen LogP contribution in [0.2, 0.25) is 0 Å². The fourth-order valence-corrected chi connectivity index (χ4v) is 6.42. The van der Waals surface area contributed by atoms with Crippen LogP contribution in [0.4, 0.5) is 0 Å². The van der Waals surface area contributed by atoms with E-state index in [1.165, 1.54) is 0 Å². The lowest BCUT2D eigenvalue weighted by Gasteiger charge is -2.47. The monoisotopic (exact) mass is 518 g/mol. The van der Waals surface area contributed by atoms with E-state index in [0.29, 0.717) is 26.0 Å². The zero-order valence-corrected chi connectivity index (χ0v) is 21.8. The Morgan fingerprint density at radius 3 is 2.51 bits per heavy atom. The lowest BCUT2D eigenvalue weighted by atomic mass is 9.86. The molecule has 196 valence electrons. The molecule has 7 heteroatoms. The highest BCUT2D eigenvalue weighted by atomic mass is 16.5. The topological polar surface area (TPSA) is 81.4 Å². The van der Waals surface area contributed by atoms with Crippen LogP contribution in [-0.2, 0) is 22.4 Å². The van der Waals surface area contributed by atoms with E-state index in [9.17, 15) is 9.59 Å². The average Bonchev–Trinajstić information content (AvgIpc) is 3.55. The predicted octanol–water partition coefficient (Wildman–Crippen LogP) is 4.98. The number of ether oxygens (including phenoxy) is 1. The van der Waals surface area contributed by atoms with E-state index in [1.54, 1.807) is 9.80 Å². The van der Waals surface area contributed by atoms with Crippen molar-refractivity contribution in [2.75, 3.05) is 19.7 Å². The first-order chi connectivity index (χ1) is 19.1. The molecule has 4 heterocycles. The molecule has 2 aliphatic rings. The van der Waals surface area contributed by atoms with E-state index in [0.717, 1.165) is 49.9 Å². The molecule has 7 rings (SSSR count). The molecule has 3 aromatic carbocycles. The summed E-state index contributed by atoms with van der Waals surface area (Å²) in [5.41, 5.74) is 6.20. The van der Waals surface area contributed by atoms with Gasteiger partial charge in [-0.25, -0.2) is 0 Å². The number of hydrogen-bond acceptors (Lipinski definition) is 3. The number of piperazine rings is 1. The third-order valence-corrected chi connectivity index (χ3v) is 8.18. The zero-order valence-electron chi connectivity index (χ0n) is 21.8. The quantitative estimate of drug-likeness (QED) is 0.333. The Bertz CT molecular complexity index is 1720. The lowest BCUT2D eigenvalue weighted by Crippen LogP contribution is -2.63. The Balaban J connectivity index is 1.27. The molecule has 2 N–H and O–H groups in total.